The van der Waals surface area contributed by atoms with E-state index in [0.29, 0.717) is 12.2 Å². The highest BCUT2D eigenvalue weighted by Crippen LogP contribution is 2.34. The second-order valence-corrected chi connectivity index (χ2v) is 12.9. The van der Waals surface area contributed by atoms with Gasteiger partial charge in [0.25, 0.3) is 10.0 Å². The van der Waals surface area contributed by atoms with Crippen LogP contribution in [0.4, 0.5) is 10.1 Å². The van der Waals surface area contributed by atoms with E-state index in [-0.39, 0.29) is 40.9 Å². The van der Waals surface area contributed by atoms with Crippen LogP contribution in [0.2, 0.25) is 0 Å². The number of hydrogen-bond acceptors (Lipinski definition) is 6. The SMILES string of the molecule is CC[C@@H](C)NC(=O)[C@H](Cc1ccccc1)N(Cc1ccccc1F)C(=O)CN(c1ccc(OC)c(OC)c1)S(=O)(=O)c1ccccc1. The second kappa shape index (κ2) is 16.1. The molecule has 11 heteroatoms. The maximum Gasteiger partial charge on any atom is 0.264 e. The third-order valence-electron chi connectivity index (χ3n) is 7.84. The number of halogens is 1. The quantitative estimate of drug-likeness (QED) is 0.178. The predicted molar refractivity (Wildman–Crippen MR) is 179 cm³/mol. The molecule has 4 rings (SSSR count). The molecule has 9 nitrogen and oxygen atoms in total. The van der Waals surface area contributed by atoms with Crippen LogP contribution in [0.1, 0.15) is 31.4 Å². The summed E-state index contributed by atoms with van der Waals surface area (Å²) in [5, 5.41) is 2.97. The minimum Gasteiger partial charge on any atom is -0.493 e. The van der Waals surface area contributed by atoms with Gasteiger partial charge in [-0.1, -0.05) is 73.7 Å². The molecule has 0 aliphatic rings. The number of amides is 2. The fourth-order valence-corrected chi connectivity index (χ4v) is 6.46. The first-order chi connectivity index (χ1) is 22.6. The van der Waals surface area contributed by atoms with Gasteiger partial charge in [-0.3, -0.25) is 13.9 Å². The van der Waals surface area contributed by atoms with Crippen molar-refractivity contribution in [2.75, 3.05) is 25.1 Å². The molecule has 0 aliphatic heterocycles. The Kier molecular flexibility index (Phi) is 12.0. The van der Waals surface area contributed by atoms with Gasteiger partial charge in [-0.15, -0.1) is 0 Å². The van der Waals surface area contributed by atoms with E-state index in [0.717, 1.165) is 9.87 Å². The summed E-state index contributed by atoms with van der Waals surface area (Å²) in [6.45, 7) is 2.81. The molecule has 1 N–H and O–H groups in total. The minimum atomic E-state index is -4.32. The van der Waals surface area contributed by atoms with Gasteiger partial charge < -0.3 is 19.7 Å². The maximum absolute atomic E-state index is 15.1. The first-order valence-corrected chi connectivity index (χ1v) is 16.7. The monoisotopic (exact) mass is 661 g/mol. The maximum atomic E-state index is 15.1. The van der Waals surface area contributed by atoms with Crippen molar-refractivity contribution >= 4 is 27.5 Å². The average Bonchev–Trinajstić information content (AvgIpc) is 3.09. The number of hydrogen-bond donors (Lipinski definition) is 1. The Hall–Kier alpha value is -4.90. The van der Waals surface area contributed by atoms with E-state index in [2.05, 4.69) is 5.32 Å². The number of carbonyl (C=O) groups excluding carboxylic acids is 2. The van der Waals surface area contributed by atoms with Crippen LogP contribution in [0.25, 0.3) is 0 Å². The van der Waals surface area contributed by atoms with Crippen LogP contribution in [0.5, 0.6) is 11.5 Å². The molecule has 2 atom stereocenters. The Labute approximate surface area is 276 Å². The molecule has 0 spiro atoms. The average molecular weight is 662 g/mol. The van der Waals surface area contributed by atoms with Gasteiger partial charge in [0.15, 0.2) is 11.5 Å². The van der Waals surface area contributed by atoms with E-state index in [1.807, 2.05) is 44.2 Å². The van der Waals surface area contributed by atoms with E-state index in [1.54, 1.807) is 30.3 Å². The summed E-state index contributed by atoms with van der Waals surface area (Å²) >= 11 is 0. The lowest BCUT2D eigenvalue weighted by Crippen LogP contribution is -2.54. The van der Waals surface area contributed by atoms with Crippen LogP contribution in [0.15, 0.2) is 108 Å². The van der Waals surface area contributed by atoms with Crippen LogP contribution >= 0.6 is 0 Å². The minimum absolute atomic E-state index is 0.0430. The summed E-state index contributed by atoms with van der Waals surface area (Å²) in [6.07, 6.45) is 0.762. The topological polar surface area (TPSA) is 105 Å². The largest absolute Gasteiger partial charge is 0.493 e. The fraction of sp³-hybridized carbons (Fsp3) is 0.278. The standard InChI is InChI=1S/C36H40FN3O6S/c1-5-26(2)38-36(42)32(22-27-14-8-6-9-15-27)39(24-28-16-12-13-19-31(28)37)35(41)25-40(47(43,44)30-17-10-7-11-18-30)29-20-21-33(45-3)34(23-29)46-4/h6-21,23,26,32H,5,22,24-25H2,1-4H3,(H,38,42)/t26-,32+/m1/s1. The van der Waals surface area contributed by atoms with Crippen molar-refractivity contribution in [2.24, 2.45) is 0 Å². The van der Waals surface area contributed by atoms with Crippen LogP contribution < -0.4 is 19.1 Å². The Morgan fingerprint density at radius 2 is 1.47 bits per heavy atom. The number of rotatable bonds is 15. The molecule has 0 unspecified atom stereocenters. The molecular weight excluding hydrogens is 621 g/mol. The first-order valence-electron chi connectivity index (χ1n) is 15.3. The number of carbonyl (C=O) groups is 2. The number of benzene rings is 4. The molecule has 0 saturated heterocycles. The number of ether oxygens (including phenoxy) is 2. The summed E-state index contributed by atoms with van der Waals surface area (Å²) in [5.41, 5.74) is 1.09. The summed E-state index contributed by atoms with van der Waals surface area (Å²) < 4.78 is 55.2. The van der Waals surface area contributed by atoms with Crippen molar-refractivity contribution in [2.45, 2.75) is 50.2 Å². The van der Waals surface area contributed by atoms with Crippen molar-refractivity contribution in [1.82, 2.24) is 10.2 Å². The number of sulfonamides is 1. The molecule has 0 saturated carbocycles. The first kappa shape index (κ1) is 35.0. The molecule has 0 bridgehead atoms. The normalized spacial score (nSPS) is 12.4. The van der Waals surface area contributed by atoms with Gasteiger partial charge in [0, 0.05) is 30.6 Å². The van der Waals surface area contributed by atoms with Gasteiger partial charge in [-0.05, 0) is 49.2 Å². The third kappa shape index (κ3) is 8.68. The van der Waals surface area contributed by atoms with Gasteiger partial charge in [-0.2, -0.15) is 0 Å². The molecule has 0 fully saturated rings. The van der Waals surface area contributed by atoms with Crippen LogP contribution in [0.3, 0.4) is 0 Å². The van der Waals surface area contributed by atoms with Crippen molar-refractivity contribution in [3.63, 3.8) is 0 Å². The molecule has 0 aliphatic carbocycles. The van der Waals surface area contributed by atoms with Crippen LogP contribution in [0, 0.1) is 5.82 Å². The summed E-state index contributed by atoms with van der Waals surface area (Å²) in [4.78, 5) is 29.7. The zero-order valence-electron chi connectivity index (χ0n) is 26.9. The van der Waals surface area contributed by atoms with Crippen molar-refractivity contribution in [3.05, 3.63) is 120 Å². The number of nitrogens with zero attached hydrogens (tertiary/aromatic N) is 2. The van der Waals surface area contributed by atoms with E-state index >= 15 is 4.39 Å². The molecule has 47 heavy (non-hydrogen) atoms. The van der Waals surface area contributed by atoms with Gasteiger partial charge in [-0.25, -0.2) is 12.8 Å². The molecular formula is C36H40FN3O6S. The fourth-order valence-electron chi connectivity index (χ4n) is 5.03. The zero-order chi connectivity index (χ0) is 34.0. The van der Waals surface area contributed by atoms with Gasteiger partial charge >= 0.3 is 0 Å². The summed E-state index contributed by atoms with van der Waals surface area (Å²) in [7, 11) is -1.45. The molecule has 0 radical (unpaired) electrons. The summed E-state index contributed by atoms with van der Waals surface area (Å²) in [6, 6.07) is 26.1. The predicted octanol–water partition coefficient (Wildman–Crippen LogP) is 5.59. The highest BCUT2D eigenvalue weighted by atomic mass is 32.2. The molecule has 248 valence electrons. The van der Waals surface area contributed by atoms with Crippen molar-refractivity contribution in [1.29, 1.82) is 0 Å². The van der Waals surface area contributed by atoms with Gasteiger partial charge in [0.1, 0.15) is 18.4 Å². The van der Waals surface area contributed by atoms with E-state index in [1.165, 1.54) is 61.6 Å². The van der Waals surface area contributed by atoms with Gasteiger partial charge in [0.05, 0.1) is 24.8 Å². The lowest BCUT2D eigenvalue weighted by molar-refractivity contribution is -0.140. The van der Waals surface area contributed by atoms with E-state index < -0.39 is 40.2 Å². The highest BCUT2D eigenvalue weighted by Gasteiger charge is 2.35. The van der Waals surface area contributed by atoms with Crippen molar-refractivity contribution in [3.8, 4) is 11.5 Å². The third-order valence-corrected chi connectivity index (χ3v) is 9.62. The molecule has 0 aromatic heterocycles. The highest BCUT2D eigenvalue weighted by molar-refractivity contribution is 7.92. The smallest absolute Gasteiger partial charge is 0.264 e. The molecule has 0 heterocycles. The van der Waals surface area contributed by atoms with Crippen LogP contribution in [-0.2, 0) is 32.6 Å². The Balaban J connectivity index is 1.85. The lowest BCUT2D eigenvalue weighted by atomic mass is 10.0. The Bertz CT molecular complexity index is 1760. The molecule has 4 aromatic carbocycles. The zero-order valence-corrected chi connectivity index (χ0v) is 27.7. The number of nitrogens with one attached hydrogen (secondary N) is 1. The summed E-state index contributed by atoms with van der Waals surface area (Å²) in [5.74, 6) is -1.08. The van der Waals surface area contributed by atoms with Crippen molar-refractivity contribution < 1.29 is 31.9 Å². The van der Waals surface area contributed by atoms with Crippen LogP contribution in [-0.4, -0.2) is 58.0 Å². The number of anilines is 1. The lowest BCUT2D eigenvalue weighted by Gasteiger charge is -2.34. The second-order valence-electron chi connectivity index (χ2n) is 11.0. The number of methoxy groups -OCH3 is 2. The Morgan fingerprint density at radius 1 is 0.851 bits per heavy atom. The molecule has 2 amide bonds. The molecule has 4 aromatic rings. The Morgan fingerprint density at radius 3 is 2.09 bits per heavy atom. The van der Waals surface area contributed by atoms with E-state index in [4.69, 9.17) is 9.47 Å². The van der Waals surface area contributed by atoms with E-state index in [9.17, 15) is 18.0 Å². The van der Waals surface area contributed by atoms with Gasteiger partial charge in [0.2, 0.25) is 11.8 Å².